The van der Waals surface area contributed by atoms with Crippen molar-refractivity contribution >= 4 is 29.1 Å². The van der Waals surface area contributed by atoms with Crippen molar-refractivity contribution in [1.82, 2.24) is 9.88 Å². The Morgan fingerprint density at radius 2 is 1.79 bits per heavy atom. The van der Waals surface area contributed by atoms with Crippen LogP contribution in [0.15, 0.2) is 28.5 Å². The second-order valence-corrected chi connectivity index (χ2v) is 16.9. The molecule has 1 unspecified atom stereocenters. The standard InChI is InChI=1S/C42H60N4O11/c1-12-28-15-14-27(19-43-28)17-31-38(49)44-33-22(3)18-41(8)36(56-40-35(48)30(46(10)11)16-23(4)54-40)25(6)34(47)26(7)39(50)55-32(13-2)42(9,51)37(24(33)5)52-20-29(21-53-41)45-57-31/h1,14-15,19,22-26,30-32,35-37,40,48,51H,13,16-18,20-21H2,2-11H3/b44-33?,45-29-/t22-,23-,24+,25+,26-,30+,31?,32-,35-,36-,37-,40+,41-,42-/m1/s1. The number of hydrogen-bond acceptors (Lipinski definition) is 14. The first-order chi connectivity index (χ1) is 26.8. The minimum absolute atomic E-state index is 0.0746. The Kier molecular flexibility index (Phi) is 14.1. The number of Topliss-reactive ketones (excluding diaryl/α,β-unsaturated/α-hetero) is 1. The molecule has 314 valence electrons. The number of aliphatic imine (C=N–C) groups is 1. The Hall–Kier alpha value is -3.62. The van der Waals surface area contributed by atoms with Crippen molar-refractivity contribution in [3.05, 3.63) is 29.6 Å². The molecule has 15 nitrogen and oxygen atoms in total. The molecule has 0 aromatic carbocycles. The van der Waals surface area contributed by atoms with Crippen molar-refractivity contribution < 1.29 is 53.1 Å². The predicted molar refractivity (Wildman–Crippen MR) is 209 cm³/mol. The average Bonchev–Trinajstić information content (AvgIpc) is 3.20. The monoisotopic (exact) mass is 796 g/mol. The van der Waals surface area contributed by atoms with E-state index < -0.39 is 89.3 Å². The van der Waals surface area contributed by atoms with E-state index in [1.165, 1.54) is 13.8 Å². The summed E-state index contributed by atoms with van der Waals surface area (Å²) in [5, 5.41) is 28.4. The van der Waals surface area contributed by atoms with Crippen LogP contribution in [0.3, 0.4) is 0 Å². The Labute approximate surface area is 335 Å². The SMILES string of the molecule is C#Cc1ccc(CC2O/N=C3/CO[C@@H]4[C@@H](C)C(=NC2=O)[C@H](C)C[C@@](C)(OC3)[C@H](O[C@@H]2O[C@H](C)C[C@H](N(C)C)[C@H]2O)[C@@H](C)C(=O)[C@@H](C)C(=O)O[C@H](CC)[C@@]4(C)O)cn1. The molecule has 4 aliphatic rings. The maximum Gasteiger partial charge on any atom is 0.316 e. The van der Waals surface area contributed by atoms with Crippen molar-refractivity contribution in [2.24, 2.45) is 33.8 Å². The van der Waals surface area contributed by atoms with Crippen molar-refractivity contribution in [2.45, 2.75) is 141 Å². The molecule has 57 heavy (non-hydrogen) atoms. The molecule has 5 heterocycles. The predicted octanol–water partition coefficient (Wildman–Crippen LogP) is 2.90. The van der Waals surface area contributed by atoms with Crippen LogP contribution in [0.2, 0.25) is 0 Å². The summed E-state index contributed by atoms with van der Waals surface area (Å²) < 4.78 is 32.3. The van der Waals surface area contributed by atoms with E-state index >= 15 is 0 Å². The maximum absolute atomic E-state index is 14.4. The minimum atomic E-state index is -1.84. The van der Waals surface area contributed by atoms with Gasteiger partial charge in [0.2, 0.25) is 6.10 Å². The molecule has 3 saturated heterocycles. The van der Waals surface area contributed by atoms with Crippen molar-refractivity contribution in [3.8, 4) is 12.3 Å². The molecule has 4 bridgehead atoms. The highest BCUT2D eigenvalue weighted by molar-refractivity contribution is 6.01. The summed E-state index contributed by atoms with van der Waals surface area (Å²) >= 11 is 0. The third kappa shape index (κ3) is 9.65. The van der Waals surface area contributed by atoms with E-state index in [0.717, 1.165) is 0 Å². The molecular weight excluding hydrogens is 736 g/mol. The topological polar surface area (TPSA) is 188 Å². The number of cyclic esters (lactones) is 1. The highest BCUT2D eigenvalue weighted by Gasteiger charge is 2.53. The molecule has 2 N–H and O–H groups in total. The van der Waals surface area contributed by atoms with Gasteiger partial charge >= 0.3 is 5.97 Å². The van der Waals surface area contributed by atoms with Gasteiger partial charge in [0.05, 0.1) is 37.1 Å². The average molecular weight is 797 g/mol. The number of pyridine rings is 1. The second-order valence-electron chi connectivity index (χ2n) is 16.9. The Morgan fingerprint density at radius 3 is 2.42 bits per heavy atom. The first-order valence-electron chi connectivity index (χ1n) is 19.9. The first kappa shape index (κ1) is 44.5. The van der Waals surface area contributed by atoms with Gasteiger partial charge in [0.25, 0.3) is 5.91 Å². The van der Waals surface area contributed by atoms with E-state index in [9.17, 15) is 24.6 Å². The van der Waals surface area contributed by atoms with Crippen LogP contribution in [0.25, 0.3) is 0 Å². The number of fused-ring (bicyclic) bond motifs is 4. The van der Waals surface area contributed by atoms with Crippen LogP contribution >= 0.6 is 0 Å². The normalized spacial score (nSPS) is 40.7. The molecule has 0 spiro atoms. The number of terminal acetylenes is 1. The summed E-state index contributed by atoms with van der Waals surface area (Å²) in [5.41, 5.74) is -1.52. The number of aliphatic hydroxyl groups excluding tert-OH is 1. The zero-order chi connectivity index (χ0) is 42.0. The van der Waals surface area contributed by atoms with Crippen LogP contribution in [-0.2, 0) is 49.3 Å². The largest absolute Gasteiger partial charge is 0.459 e. The van der Waals surface area contributed by atoms with E-state index in [1.807, 2.05) is 39.8 Å². The van der Waals surface area contributed by atoms with Crippen molar-refractivity contribution in [2.75, 3.05) is 27.3 Å². The summed E-state index contributed by atoms with van der Waals surface area (Å²) in [6.45, 7) is 13.4. The fourth-order valence-corrected chi connectivity index (χ4v) is 8.78. The number of carbonyl (C=O) groups excluding carboxylic acids is 3. The lowest BCUT2D eigenvalue weighted by atomic mass is 9.73. The summed E-state index contributed by atoms with van der Waals surface area (Å²) in [6.07, 6.45) is 0.938. The molecule has 0 radical (unpaired) electrons. The smallest absolute Gasteiger partial charge is 0.316 e. The van der Waals surface area contributed by atoms with Gasteiger partial charge in [-0.1, -0.05) is 44.8 Å². The van der Waals surface area contributed by atoms with Crippen LogP contribution in [0.1, 0.15) is 85.9 Å². The lowest BCUT2D eigenvalue weighted by molar-refractivity contribution is -0.296. The molecule has 1 aromatic heterocycles. The number of nitrogens with zero attached hydrogens (tertiary/aromatic N) is 4. The number of likely N-dealkylation sites (N-methyl/N-ethyl adjacent to an activating group) is 1. The van der Waals surface area contributed by atoms with E-state index in [-0.39, 0.29) is 50.3 Å². The minimum Gasteiger partial charge on any atom is -0.459 e. The third-order valence-electron chi connectivity index (χ3n) is 12.1. The summed E-state index contributed by atoms with van der Waals surface area (Å²) in [5.74, 6) is -3.04. The molecule has 15 heteroatoms. The number of carbonyl (C=O) groups is 3. The van der Waals surface area contributed by atoms with Gasteiger partial charge in [-0.05, 0) is 78.6 Å². The van der Waals surface area contributed by atoms with Crippen molar-refractivity contribution in [1.29, 1.82) is 0 Å². The van der Waals surface area contributed by atoms with Crippen LogP contribution in [0, 0.1) is 36.0 Å². The summed E-state index contributed by atoms with van der Waals surface area (Å²) in [4.78, 5) is 59.4. The van der Waals surface area contributed by atoms with Gasteiger partial charge < -0.3 is 43.6 Å². The van der Waals surface area contributed by atoms with E-state index in [2.05, 4.69) is 16.1 Å². The number of ether oxygens (including phenoxy) is 5. The first-order valence-corrected chi connectivity index (χ1v) is 19.9. The van der Waals surface area contributed by atoms with Gasteiger partial charge in [0.15, 0.2) is 12.1 Å². The molecule has 1 aromatic rings. The Bertz CT molecular complexity index is 1720. The fourth-order valence-electron chi connectivity index (χ4n) is 8.78. The van der Waals surface area contributed by atoms with E-state index in [1.54, 1.807) is 39.1 Å². The number of amides is 1. The lowest BCUT2D eigenvalue weighted by Gasteiger charge is -2.47. The highest BCUT2D eigenvalue weighted by Crippen LogP contribution is 2.40. The van der Waals surface area contributed by atoms with Gasteiger partial charge in [0, 0.05) is 36.2 Å². The van der Waals surface area contributed by atoms with Gasteiger partial charge in [-0.15, -0.1) is 6.42 Å². The van der Waals surface area contributed by atoms with Crippen LogP contribution in [0.5, 0.6) is 0 Å². The van der Waals surface area contributed by atoms with Crippen molar-refractivity contribution in [3.63, 3.8) is 0 Å². The summed E-state index contributed by atoms with van der Waals surface area (Å²) in [7, 11) is 3.73. The Morgan fingerprint density at radius 1 is 1.07 bits per heavy atom. The molecule has 14 atom stereocenters. The number of esters is 1. The lowest BCUT2D eigenvalue weighted by Crippen LogP contribution is -2.60. The number of aliphatic hydroxyl groups is 2. The summed E-state index contributed by atoms with van der Waals surface area (Å²) in [6, 6.07) is 3.11. The number of rotatable bonds is 6. The van der Waals surface area contributed by atoms with Gasteiger partial charge in [-0.25, -0.2) is 9.98 Å². The highest BCUT2D eigenvalue weighted by atomic mass is 16.7. The third-order valence-corrected chi connectivity index (χ3v) is 12.1. The van der Waals surface area contributed by atoms with Crippen LogP contribution < -0.4 is 0 Å². The molecule has 3 fully saturated rings. The zero-order valence-corrected chi connectivity index (χ0v) is 34.8. The molecule has 5 rings (SSSR count). The van der Waals surface area contributed by atoms with E-state index in [4.69, 9.17) is 39.9 Å². The van der Waals surface area contributed by atoms with Crippen LogP contribution in [0.4, 0.5) is 0 Å². The maximum atomic E-state index is 14.4. The fraction of sp³-hybridized carbons (Fsp3) is 0.714. The quantitative estimate of drug-likeness (QED) is 0.243. The number of oxime groups is 1. The Balaban J connectivity index is 1.69. The van der Waals surface area contributed by atoms with Gasteiger partial charge in [-0.2, -0.15) is 0 Å². The molecular formula is C42H60N4O11. The molecule has 0 saturated carbocycles. The molecule has 0 aliphatic carbocycles. The molecule has 1 amide bonds. The number of aromatic nitrogens is 1. The van der Waals surface area contributed by atoms with Gasteiger partial charge in [-0.3, -0.25) is 14.4 Å². The van der Waals surface area contributed by atoms with Gasteiger partial charge in [0.1, 0.15) is 35.1 Å². The zero-order valence-electron chi connectivity index (χ0n) is 34.8. The number of ketones is 1. The molecule has 4 aliphatic heterocycles. The van der Waals surface area contributed by atoms with Crippen LogP contribution in [-0.4, -0.2) is 137 Å². The van der Waals surface area contributed by atoms with E-state index in [0.29, 0.717) is 23.4 Å². The number of hydrogen-bond donors (Lipinski definition) is 2. The second kappa shape index (κ2) is 18.1.